The predicted octanol–water partition coefficient (Wildman–Crippen LogP) is 0.771. The van der Waals surface area contributed by atoms with Crippen LogP contribution in [0.4, 0.5) is 0 Å². The second-order valence-corrected chi connectivity index (χ2v) is 3.65. The summed E-state index contributed by atoms with van der Waals surface area (Å²) in [6.07, 6.45) is 0. The number of hydrogen-bond donors (Lipinski definition) is 1. The van der Waals surface area contributed by atoms with Gasteiger partial charge in [-0.25, -0.2) is 0 Å². The molecule has 0 amide bonds. The van der Waals surface area contributed by atoms with Crippen LogP contribution in [0.15, 0.2) is 24.3 Å². The lowest BCUT2D eigenvalue weighted by Crippen LogP contribution is -2.35. The van der Waals surface area contributed by atoms with E-state index < -0.39 is 0 Å². The van der Waals surface area contributed by atoms with Crippen LogP contribution in [0.2, 0.25) is 0 Å². The molecule has 0 bridgehead atoms. The number of ether oxygens (including phenoxy) is 1. The van der Waals surface area contributed by atoms with Crippen LogP contribution in [0.1, 0.15) is 5.56 Å². The van der Waals surface area contributed by atoms with E-state index in [0.717, 1.165) is 32.8 Å². The molecule has 1 aromatic rings. The van der Waals surface area contributed by atoms with Crippen molar-refractivity contribution in [3.05, 3.63) is 29.8 Å². The zero-order chi connectivity index (χ0) is 10.5. The minimum atomic E-state index is 0.709. The van der Waals surface area contributed by atoms with Crippen LogP contribution in [0.5, 0.6) is 5.75 Å². The van der Waals surface area contributed by atoms with Gasteiger partial charge in [-0.1, -0.05) is 12.1 Å². The maximum atomic E-state index is 5.30. The molecule has 1 fully saturated rings. The van der Waals surface area contributed by atoms with E-state index in [-0.39, 0.29) is 0 Å². The first kappa shape index (κ1) is 10.4. The predicted molar refractivity (Wildman–Crippen MR) is 57.4 cm³/mol. The zero-order valence-electron chi connectivity index (χ0n) is 8.69. The maximum Gasteiger partial charge on any atom is 0.147 e. The molecule has 82 valence electrons. The smallest absolute Gasteiger partial charge is 0.147 e. The van der Waals surface area contributed by atoms with E-state index in [1.54, 1.807) is 0 Å². The van der Waals surface area contributed by atoms with Crippen LogP contribution in [0.25, 0.3) is 0 Å². The normalized spacial score (nSPS) is 17.7. The minimum absolute atomic E-state index is 0.709. The monoisotopic (exact) mass is 208 g/mol. The summed E-state index contributed by atoms with van der Waals surface area (Å²) in [6, 6.07) is 7.86. The van der Waals surface area contributed by atoms with Crippen LogP contribution in [0.3, 0.4) is 0 Å². The lowest BCUT2D eigenvalue weighted by Gasteiger charge is -2.26. The molecule has 2 N–H and O–H groups in total. The van der Waals surface area contributed by atoms with Crippen molar-refractivity contribution >= 4 is 0 Å². The Kier molecular flexibility index (Phi) is 3.55. The van der Waals surface area contributed by atoms with E-state index in [9.17, 15) is 0 Å². The Morgan fingerprint density at radius 2 is 2.13 bits per heavy atom. The number of rotatable bonds is 3. The molecule has 1 heterocycles. The first-order chi connectivity index (χ1) is 7.38. The van der Waals surface area contributed by atoms with Crippen LogP contribution in [-0.2, 0) is 11.3 Å². The average Bonchev–Trinajstić information content (AvgIpc) is 2.31. The highest BCUT2D eigenvalue weighted by Crippen LogP contribution is 2.14. The van der Waals surface area contributed by atoms with Crippen molar-refractivity contribution in [3.8, 4) is 5.75 Å². The summed E-state index contributed by atoms with van der Waals surface area (Å²) in [5.74, 6) is 5.83. The van der Waals surface area contributed by atoms with E-state index in [1.807, 2.05) is 18.2 Å². The lowest BCUT2D eigenvalue weighted by atomic mass is 10.2. The molecule has 0 saturated carbocycles. The van der Waals surface area contributed by atoms with E-state index >= 15 is 0 Å². The van der Waals surface area contributed by atoms with Crippen molar-refractivity contribution in [1.82, 2.24) is 4.90 Å². The molecule has 0 unspecified atom stereocenters. The van der Waals surface area contributed by atoms with Crippen molar-refractivity contribution in [2.45, 2.75) is 6.54 Å². The van der Waals surface area contributed by atoms with Crippen molar-refractivity contribution in [3.63, 3.8) is 0 Å². The molecule has 0 aliphatic carbocycles. The Bertz CT molecular complexity index is 311. The fraction of sp³-hybridized carbons (Fsp3) is 0.455. The highest BCUT2D eigenvalue weighted by molar-refractivity contribution is 5.28. The Labute approximate surface area is 89.5 Å². The van der Waals surface area contributed by atoms with Crippen LogP contribution in [0, 0.1) is 0 Å². The van der Waals surface area contributed by atoms with Crippen molar-refractivity contribution < 1.29 is 9.57 Å². The minimum Gasteiger partial charge on any atom is -0.412 e. The standard InChI is InChI=1S/C11H16N2O2/c12-15-11-3-1-2-10(8-11)9-13-4-6-14-7-5-13/h1-3,8H,4-7,9,12H2. The lowest BCUT2D eigenvalue weighted by molar-refractivity contribution is 0.0341. The van der Waals surface area contributed by atoms with Gasteiger partial charge in [0.1, 0.15) is 5.75 Å². The number of hydrogen-bond acceptors (Lipinski definition) is 4. The summed E-state index contributed by atoms with van der Waals surface area (Å²) >= 11 is 0. The molecule has 0 atom stereocenters. The Morgan fingerprint density at radius 1 is 1.33 bits per heavy atom. The fourth-order valence-electron chi connectivity index (χ4n) is 1.73. The van der Waals surface area contributed by atoms with E-state index in [0.29, 0.717) is 5.75 Å². The summed E-state index contributed by atoms with van der Waals surface area (Å²) < 4.78 is 5.30. The van der Waals surface area contributed by atoms with Gasteiger partial charge in [-0.2, -0.15) is 5.90 Å². The molecule has 0 aromatic heterocycles. The number of nitrogens with zero attached hydrogens (tertiary/aromatic N) is 1. The topological polar surface area (TPSA) is 47.7 Å². The van der Waals surface area contributed by atoms with Gasteiger partial charge in [-0.15, -0.1) is 0 Å². The molecule has 1 aliphatic rings. The quantitative estimate of drug-likeness (QED) is 0.745. The van der Waals surface area contributed by atoms with Crippen molar-refractivity contribution in [1.29, 1.82) is 0 Å². The molecule has 1 aliphatic heterocycles. The van der Waals surface area contributed by atoms with Gasteiger partial charge in [0.15, 0.2) is 0 Å². The molecule has 15 heavy (non-hydrogen) atoms. The van der Waals surface area contributed by atoms with Crippen LogP contribution in [-0.4, -0.2) is 31.2 Å². The average molecular weight is 208 g/mol. The molecule has 2 rings (SSSR count). The highest BCUT2D eigenvalue weighted by atomic mass is 16.6. The molecule has 0 radical (unpaired) electrons. The van der Waals surface area contributed by atoms with Gasteiger partial charge in [0.2, 0.25) is 0 Å². The summed E-state index contributed by atoms with van der Waals surface area (Å²) in [5, 5.41) is 0. The molecule has 1 saturated heterocycles. The van der Waals surface area contributed by atoms with E-state index in [4.69, 9.17) is 15.5 Å². The van der Waals surface area contributed by atoms with Gasteiger partial charge in [-0.05, 0) is 17.7 Å². The maximum absolute atomic E-state index is 5.30. The molecular weight excluding hydrogens is 192 g/mol. The van der Waals surface area contributed by atoms with E-state index in [2.05, 4.69) is 11.0 Å². The van der Waals surface area contributed by atoms with Gasteiger partial charge in [0.25, 0.3) is 0 Å². The number of nitrogens with two attached hydrogens (primary N) is 1. The first-order valence-corrected chi connectivity index (χ1v) is 5.14. The highest BCUT2D eigenvalue weighted by Gasteiger charge is 2.10. The Hall–Kier alpha value is -1.10. The molecular formula is C11H16N2O2. The van der Waals surface area contributed by atoms with Crippen LogP contribution >= 0.6 is 0 Å². The third kappa shape index (κ3) is 2.92. The molecule has 1 aromatic carbocycles. The van der Waals surface area contributed by atoms with Crippen LogP contribution < -0.4 is 10.7 Å². The van der Waals surface area contributed by atoms with Gasteiger partial charge >= 0.3 is 0 Å². The molecule has 4 nitrogen and oxygen atoms in total. The van der Waals surface area contributed by atoms with Gasteiger partial charge in [0, 0.05) is 19.6 Å². The Morgan fingerprint density at radius 3 is 2.87 bits per heavy atom. The third-order valence-corrected chi connectivity index (χ3v) is 2.54. The van der Waals surface area contributed by atoms with Crippen molar-refractivity contribution in [2.75, 3.05) is 26.3 Å². The second-order valence-electron chi connectivity index (χ2n) is 3.65. The fourth-order valence-corrected chi connectivity index (χ4v) is 1.73. The van der Waals surface area contributed by atoms with Crippen molar-refractivity contribution in [2.24, 2.45) is 5.90 Å². The summed E-state index contributed by atoms with van der Waals surface area (Å²) in [7, 11) is 0. The first-order valence-electron chi connectivity index (χ1n) is 5.14. The van der Waals surface area contributed by atoms with E-state index in [1.165, 1.54) is 5.56 Å². The zero-order valence-corrected chi connectivity index (χ0v) is 8.69. The summed E-state index contributed by atoms with van der Waals surface area (Å²) in [5.41, 5.74) is 1.22. The summed E-state index contributed by atoms with van der Waals surface area (Å²) in [4.78, 5) is 7.06. The summed E-state index contributed by atoms with van der Waals surface area (Å²) in [6.45, 7) is 4.57. The molecule has 4 heteroatoms. The van der Waals surface area contributed by atoms with Gasteiger partial charge in [-0.3, -0.25) is 4.90 Å². The van der Waals surface area contributed by atoms with Gasteiger partial charge in [0.05, 0.1) is 13.2 Å². The Balaban J connectivity index is 1.96. The molecule has 0 spiro atoms. The number of benzene rings is 1. The number of morpholine rings is 1. The largest absolute Gasteiger partial charge is 0.412 e. The SMILES string of the molecule is NOc1cccc(CN2CCOCC2)c1. The third-order valence-electron chi connectivity index (χ3n) is 2.54. The van der Waals surface area contributed by atoms with Gasteiger partial charge < -0.3 is 9.57 Å². The second kappa shape index (κ2) is 5.11.